The van der Waals surface area contributed by atoms with Gasteiger partial charge in [-0.3, -0.25) is 0 Å². The predicted molar refractivity (Wildman–Crippen MR) is 53.2 cm³/mol. The van der Waals surface area contributed by atoms with Gasteiger partial charge in [0, 0.05) is 25.5 Å². The molecular weight excluding hydrogens is 180 g/mol. The van der Waals surface area contributed by atoms with Crippen LogP contribution in [0.1, 0.15) is 6.42 Å². The van der Waals surface area contributed by atoms with E-state index in [0.717, 1.165) is 24.4 Å². The van der Waals surface area contributed by atoms with Crippen LogP contribution < -0.4 is 5.32 Å². The van der Waals surface area contributed by atoms with Crippen LogP contribution in [0, 0.1) is 0 Å². The molecule has 0 saturated heterocycles. The standard InChI is InChI=1S/C9H12N4O/c14-7-1-4-10-8-2-3-9-11-5-6-13(9)12-8/h2-3,5-6,14H,1,4,7H2,(H,10,12). The van der Waals surface area contributed by atoms with Crippen molar-refractivity contribution in [2.24, 2.45) is 0 Å². The van der Waals surface area contributed by atoms with Gasteiger partial charge in [-0.05, 0) is 18.6 Å². The maximum atomic E-state index is 8.61. The second-order valence-corrected chi connectivity index (χ2v) is 2.95. The molecule has 2 heterocycles. The number of aliphatic hydroxyl groups is 1. The van der Waals surface area contributed by atoms with E-state index in [2.05, 4.69) is 15.4 Å². The van der Waals surface area contributed by atoms with Gasteiger partial charge >= 0.3 is 0 Å². The zero-order valence-corrected chi connectivity index (χ0v) is 7.72. The fraction of sp³-hybridized carbons (Fsp3) is 0.333. The van der Waals surface area contributed by atoms with Crippen LogP contribution in [-0.4, -0.2) is 32.9 Å². The number of fused-ring (bicyclic) bond motifs is 1. The molecule has 0 amide bonds. The summed E-state index contributed by atoms with van der Waals surface area (Å²) in [6, 6.07) is 3.77. The molecule has 0 fully saturated rings. The van der Waals surface area contributed by atoms with E-state index in [4.69, 9.17) is 5.11 Å². The summed E-state index contributed by atoms with van der Waals surface area (Å²) in [5.41, 5.74) is 0.831. The molecule has 0 bridgehead atoms. The molecule has 0 unspecified atom stereocenters. The van der Waals surface area contributed by atoms with Gasteiger partial charge in [-0.2, -0.15) is 0 Å². The lowest BCUT2D eigenvalue weighted by Gasteiger charge is -2.03. The minimum absolute atomic E-state index is 0.195. The highest BCUT2D eigenvalue weighted by Gasteiger charge is 1.96. The van der Waals surface area contributed by atoms with Crippen LogP contribution in [0.3, 0.4) is 0 Å². The number of nitrogens with zero attached hydrogens (tertiary/aromatic N) is 3. The minimum atomic E-state index is 0.195. The monoisotopic (exact) mass is 192 g/mol. The summed E-state index contributed by atoms with van der Waals surface area (Å²) < 4.78 is 1.71. The van der Waals surface area contributed by atoms with Crippen LogP contribution >= 0.6 is 0 Å². The average molecular weight is 192 g/mol. The van der Waals surface area contributed by atoms with Crippen LogP contribution in [0.4, 0.5) is 5.82 Å². The topological polar surface area (TPSA) is 62.5 Å². The first-order valence-corrected chi connectivity index (χ1v) is 4.55. The third kappa shape index (κ3) is 1.82. The first-order valence-electron chi connectivity index (χ1n) is 4.55. The van der Waals surface area contributed by atoms with Crippen molar-refractivity contribution in [3.63, 3.8) is 0 Å². The van der Waals surface area contributed by atoms with Crippen LogP contribution in [0.15, 0.2) is 24.5 Å². The largest absolute Gasteiger partial charge is 0.396 e. The maximum Gasteiger partial charge on any atom is 0.153 e. The lowest BCUT2D eigenvalue weighted by molar-refractivity contribution is 0.292. The number of aliphatic hydroxyl groups excluding tert-OH is 1. The molecule has 0 aromatic carbocycles. The van der Waals surface area contributed by atoms with Crippen molar-refractivity contribution in [1.29, 1.82) is 0 Å². The number of aromatic nitrogens is 3. The van der Waals surface area contributed by atoms with E-state index in [0.29, 0.717) is 0 Å². The molecule has 0 aliphatic heterocycles. The number of hydrogen-bond acceptors (Lipinski definition) is 4. The van der Waals surface area contributed by atoms with Gasteiger partial charge in [0.25, 0.3) is 0 Å². The molecule has 0 aliphatic rings. The molecule has 0 atom stereocenters. The van der Waals surface area contributed by atoms with Crippen LogP contribution in [0.2, 0.25) is 0 Å². The summed E-state index contributed by atoms with van der Waals surface area (Å²) in [5, 5.41) is 16.0. The van der Waals surface area contributed by atoms with Crippen LogP contribution in [0.5, 0.6) is 0 Å². The van der Waals surface area contributed by atoms with E-state index in [1.54, 1.807) is 16.9 Å². The molecule has 2 N–H and O–H groups in total. The lowest BCUT2D eigenvalue weighted by Crippen LogP contribution is -2.06. The number of imidazole rings is 1. The maximum absolute atomic E-state index is 8.61. The average Bonchev–Trinajstić information content (AvgIpc) is 2.65. The highest BCUT2D eigenvalue weighted by molar-refractivity contribution is 5.43. The Morgan fingerprint density at radius 2 is 2.36 bits per heavy atom. The van der Waals surface area contributed by atoms with Gasteiger partial charge in [0.2, 0.25) is 0 Å². The molecule has 0 aliphatic carbocycles. The Balaban J connectivity index is 2.10. The first kappa shape index (κ1) is 8.96. The Kier molecular flexibility index (Phi) is 2.60. The molecule has 0 radical (unpaired) electrons. The highest BCUT2D eigenvalue weighted by atomic mass is 16.3. The van der Waals surface area contributed by atoms with E-state index in [9.17, 15) is 0 Å². The van der Waals surface area contributed by atoms with Crippen molar-refractivity contribution >= 4 is 11.5 Å². The highest BCUT2D eigenvalue weighted by Crippen LogP contribution is 2.04. The van der Waals surface area contributed by atoms with Gasteiger partial charge in [0.1, 0.15) is 5.82 Å². The van der Waals surface area contributed by atoms with Crippen LogP contribution in [-0.2, 0) is 0 Å². The summed E-state index contributed by atoms with van der Waals surface area (Å²) in [4.78, 5) is 4.09. The molecule has 2 aromatic rings. The third-order valence-corrected chi connectivity index (χ3v) is 1.90. The van der Waals surface area contributed by atoms with Crippen LogP contribution in [0.25, 0.3) is 5.65 Å². The number of rotatable bonds is 4. The lowest BCUT2D eigenvalue weighted by atomic mass is 10.4. The molecule has 74 valence electrons. The smallest absolute Gasteiger partial charge is 0.153 e. The molecular formula is C9H12N4O. The molecule has 5 nitrogen and oxygen atoms in total. The molecule has 5 heteroatoms. The van der Waals surface area contributed by atoms with E-state index in [-0.39, 0.29) is 6.61 Å². The number of hydrogen-bond donors (Lipinski definition) is 2. The predicted octanol–water partition coefficient (Wildman–Crippen LogP) is 0.524. The fourth-order valence-corrected chi connectivity index (χ4v) is 1.20. The van der Waals surface area contributed by atoms with E-state index in [1.165, 1.54) is 0 Å². The summed E-state index contributed by atoms with van der Waals surface area (Å²) in [7, 11) is 0. The molecule has 14 heavy (non-hydrogen) atoms. The number of anilines is 1. The first-order chi connectivity index (χ1) is 6.90. The summed E-state index contributed by atoms with van der Waals surface area (Å²) in [6.07, 6.45) is 4.23. The van der Waals surface area contributed by atoms with Crippen molar-refractivity contribution in [3.8, 4) is 0 Å². The normalized spacial score (nSPS) is 10.6. The summed E-state index contributed by atoms with van der Waals surface area (Å²) >= 11 is 0. The molecule has 0 spiro atoms. The summed E-state index contributed by atoms with van der Waals surface area (Å²) in [6.45, 7) is 0.921. The van der Waals surface area contributed by atoms with Gasteiger partial charge in [0.05, 0.1) is 0 Å². The zero-order chi connectivity index (χ0) is 9.80. The Hall–Kier alpha value is -1.62. The second kappa shape index (κ2) is 4.06. The Morgan fingerprint density at radius 3 is 3.21 bits per heavy atom. The van der Waals surface area contributed by atoms with E-state index >= 15 is 0 Å². The van der Waals surface area contributed by atoms with Crippen molar-refractivity contribution in [3.05, 3.63) is 24.5 Å². The third-order valence-electron chi connectivity index (χ3n) is 1.90. The van der Waals surface area contributed by atoms with Gasteiger partial charge in [-0.1, -0.05) is 0 Å². The SMILES string of the molecule is OCCCNc1ccc2nccn2n1. The van der Waals surface area contributed by atoms with E-state index in [1.807, 2.05) is 12.1 Å². The van der Waals surface area contributed by atoms with Gasteiger partial charge in [0.15, 0.2) is 5.65 Å². The molecule has 0 saturated carbocycles. The Bertz CT molecular complexity index is 412. The van der Waals surface area contributed by atoms with Crippen molar-refractivity contribution in [2.45, 2.75) is 6.42 Å². The second-order valence-electron chi connectivity index (χ2n) is 2.95. The van der Waals surface area contributed by atoms with Crippen molar-refractivity contribution in [2.75, 3.05) is 18.5 Å². The van der Waals surface area contributed by atoms with Gasteiger partial charge in [-0.25, -0.2) is 9.50 Å². The minimum Gasteiger partial charge on any atom is -0.396 e. The van der Waals surface area contributed by atoms with E-state index < -0.39 is 0 Å². The fourth-order valence-electron chi connectivity index (χ4n) is 1.20. The zero-order valence-electron chi connectivity index (χ0n) is 7.72. The Morgan fingerprint density at radius 1 is 1.43 bits per heavy atom. The number of nitrogens with one attached hydrogen (secondary N) is 1. The molecule has 2 rings (SSSR count). The molecule has 2 aromatic heterocycles. The van der Waals surface area contributed by atoms with Crippen molar-refractivity contribution < 1.29 is 5.11 Å². The summed E-state index contributed by atoms with van der Waals surface area (Å²) in [5.74, 6) is 0.795. The van der Waals surface area contributed by atoms with Gasteiger partial charge < -0.3 is 10.4 Å². The van der Waals surface area contributed by atoms with Crippen molar-refractivity contribution in [1.82, 2.24) is 14.6 Å². The quantitative estimate of drug-likeness (QED) is 0.693. The Labute approximate surface area is 81.4 Å². The van der Waals surface area contributed by atoms with Gasteiger partial charge in [-0.15, -0.1) is 5.10 Å².